The third kappa shape index (κ3) is 4.52. The van der Waals surface area contributed by atoms with Crippen LogP contribution >= 0.6 is 0 Å². The van der Waals surface area contributed by atoms with Crippen molar-refractivity contribution in [1.29, 1.82) is 0 Å². The summed E-state index contributed by atoms with van der Waals surface area (Å²) in [5.74, 6) is 1.96. The molecule has 0 unspecified atom stereocenters. The number of aromatic nitrogens is 4. The molecule has 2 aromatic heterocycles. The highest BCUT2D eigenvalue weighted by molar-refractivity contribution is 5.84. The Morgan fingerprint density at radius 3 is 2.64 bits per heavy atom. The van der Waals surface area contributed by atoms with Crippen LogP contribution in [-0.4, -0.2) is 58.8 Å². The molecular weight excluding hydrogens is 426 g/mol. The van der Waals surface area contributed by atoms with Gasteiger partial charge in [0.25, 0.3) is 5.56 Å². The van der Waals surface area contributed by atoms with Gasteiger partial charge in [-0.2, -0.15) is 15.2 Å². The first-order valence-electron chi connectivity index (χ1n) is 10.7. The van der Waals surface area contributed by atoms with Gasteiger partial charge < -0.3 is 14.4 Å². The second-order valence-electron chi connectivity index (χ2n) is 7.71. The Hall–Kier alpha value is -3.89. The number of ether oxygens (including phenoxy) is 2. The highest BCUT2D eigenvalue weighted by Gasteiger charge is 2.22. The van der Waals surface area contributed by atoms with Crippen molar-refractivity contribution in [2.45, 2.75) is 25.8 Å². The Morgan fingerprint density at radius 2 is 1.91 bits per heavy atom. The average Bonchev–Trinajstić information content (AvgIpc) is 3.23. The lowest BCUT2D eigenvalue weighted by molar-refractivity contribution is 0.394. The number of H-pyrrole nitrogens is 1. The molecule has 0 spiro atoms. The molecule has 33 heavy (non-hydrogen) atoms. The predicted octanol–water partition coefficient (Wildman–Crippen LogP) is 1.54. The van der Waals surface area contributed by atoms with E-state index in [0.29, 0.717) is 28.6 Å². The average molecular weight is 454 g/mol. The molecule has 11 nitrogen and oxygen atoms in total. The van der Waals surface area contributed by atoms with Crippen molar-refractivity contribution < 1.29 is 9.47 Å². The highest BCUT2D eigenvalue weighted by Crippen LogP contribution is 2.24. The summed E-state index contributed by atoms with van der Waals surface area (Å²) in [7, 11) is 4.76. The number of imidazole rings is 1. The van der Waals surface area contributed by atoms with Crippen molar-refractivity contribution in [3.8, 4) is 11.5 Å². The Kier molecular flexibility index (Phi) is 6.57. The minimum absolute atomic E-state index is 0.278. The fraction of sp³-hybridized carbons (Fsp3) is 0.409. The molecule has 0 saturated carbocycles. The zero-order valence-electron chi connectivity index (χ0n) is 18.9. The molecule has 174 valence electrons. The van der Waals surface area contributed by atoms with Gasteiger partial charge >= 0.3 is 5.69 Å². The van der Waals surface area contributed by atoms with E-state index in [-0.39, 0.29) is 6.54 Å². The number of rotatable bonds is 7. The number of hydrogen-bond donors (Lipinski definition) is 1. The van der Waals surface area contributed by atoms with Crippen LogP contribution in [0.1, 0.15) is 24.8 Å². The number of hydrogen-bond acceptors (Lipinski definition) is 8. The summed E-state index contributed by atoms with van der Waals surface area (Å²) in [6, 6.07) is 5.41. The summed E-state index contributed by atoms with van der Waals surface area (Å²) >= 11 is 0. The van der Waals surface area contributed by atoms with Crippen LogP contribution in [-0.2, 0) is 13.6 Å². The predicted molar refractivity (Wildman–Crippen MR) is 127 cm³/mol. The van der Waals surface area contributed by atoms with E-state index >= 15 is 0 Å². The summed E-state index contributed by atoms with van der Waals surface area (Å²) in [5.41, 5.74) is 0.482. The summed E-state index contributed by atoms with van der Waals surface area (Å²) in [6.45, 7) is 1.98. The second kappa shape index (κ2) is 9.72. The number of nitrogens with one attached hydrogen (secondary N) is 1. The molecule has 4 rings (SSSR count). The smallest absolute Gasteiger partial charge is 0.329 e. The van der Waals surface area contributed by atoms with Gasteiger partial charge in [-0.3, -0.25) is 18.9 Å². The van der Waals surface area contributed by atoms with Gasteiger partial charge in [0, 0.05) is 38.0 Å². The third-order valence-electron chi connectivity index (χ3n) is 5.68. The van der Waals surface area contributed by atoms with Gasteiger partial charge in [0.15, 0.2) is 11.2 Å². The summed E-state index contributed by atoms with van der Waals surface area (Å²) in [6.07, 6.45) is 6.47. The maximum atomic E-state index is 12.6. The van der Waals surface area contributed by atoms with Gasteiger partial charge in [-0.25, -0.2) is 4.79 Å². The third-order valence-corrected chi connectivity index (χ3v) is 5.68. The zero-order chi connectivity index (χ0) is 23.4. The molecule has 1 aromatic carbocycles. The van der Waals surface area contributed by atoms with Crippen LogP contribution in [0, 0.1) is 0 Å². The van der Waals surface area contributed by atoms with Gasteiger partial charge in [-0.15, -0.1) is 0 Å². The van der Waals surface area contributed by atoms with Gasteiger partial charge in [-0.05, 0) is 31.4 Å². The lowest BCUT2D eigenvalue weighted by atomic mass is 10.1. The van der Waals surface area contributed by atoms with E-state index in [9.17, 15) is 9.59 Å². The van der Waals surface area contributed by atoms with E-state index in [1.165, 1.54) is 11.0 Å². The van der Waals surface area contributed by atoms with Crippen molar-refractivity contribution in [3.63, 3.8) is 0 Å². The SMILES string of the molecule is COc1ccc(/C=N/N=C/Cn2c(N3CCCCC3)nc3c2c(=O)[nH]c(=O)n3C)c(OC)c1. The van der Waals surface area contributed by atoms with Gasteiger partial charge in [-0.1, -0.05) is 0 Å². The van der Waals surface area contributed by atoms with Gasteiger partial charge in [0.2, 0.25) is 5.95 Å². The number of methoxy groups -OCH3 is 2. The van der Waals surface area contributed by atoms with E-state index in [4.69, 9.17) is 9.47 Å². The highest BCUT2D eigenvalue weighted by atomic mass is 16.5. The molecule has 1 aliphatic heterocycles. The maximum Gasteiger partial charge on any atom is 0.329 e. The monoisotopic (exact) mass is 453 g/mol. The molecule has 0 atom stereocenters. The van der Waals surface area contributed by atoms with Crippen molar-refractivity contribution in [1.82, 2.24) is 19.1 Å². The number of aromatic amines is 1. The van der Waals surface area contributed by atoms with Crippen LogP contribution in [0.5, 0.6) is 11.5 Å². The van der Waals surface area contributed by atoms with Gasteiger partial charge in [0.05, 0.1) is 27.0 Å². The van der Waals surface area contributed by atoms with E-state index in [1.807, 2.05) is 12.1 Å². The minimum atomic E-state index is -0.492. The quantitative estimate of drug-likeness (QED) is 0.428. The van der Waals surface area contributed by atoms with Crippen molar-refractivity contribution in [2.75, 3.05) is 32.2 Å². The number of nitrogens with zero attached hydrogens (tertiary/aromatic N) is 6. The molecule has 1 fully saturated rings. The molecule has 0 aliphatic carbocycles. The molecule has 3 aromatic rings. The topological polar surface area (TPSA) is 119 Å². The summed E-state index contributed by atoms with van der Waals surface area (Å²) < 4.78 is 13.7. The van der Waals surface area contributed by atoms with Crippen LogP contribution < -0.4 is 25.6 Å². The maximum absolute atomic E-state index is 12.6. The lowest BCUT2D eigenvalue weighted by Crippen LogP contribution is -2.32. The van der Waals surface area contributed by atoms with Gasteiger partial charge in [0.1, 0.15) is 11.5 Å². The fourth-order valence-corrected chi connectivity index (χ4v) is 3.92. The van der Waals surface area contributed by atoms with E-state index in [2.05, 4.69) is 25.1 Å². The number of anilines is 1. The van der Waals surface area contributed by atoms with Crippen molar-refractivity contribution in [3.05, 3.63) is 44.6 Å². The molecule has 1 aliphatic rings. The van der Waals surface area contributed by atoms with Crippen molar-refractivity contribution >= 4 is 29.5 Å². The Bertz CT molecular complexity index is 1310. The van der Waals surface area contributed by atoms with Crippen LogP contribution in [0.25, 0.3) is 11.2 Å². The van der Waals surface area contributed by atoms with E-state index in [0.717, 1.165) is 31.5 Å². The second-order valence-corrected chi connectivity index (χ2v) is 7.71. The molecule has 11 heteroatoms. The zero-order valence-corrected chi connectivity index (χ0v) is 18.9. The number of benzene rings is 1. The molecule has 0 amide bonds. The first-order chi connectivity index (χ1) is 16.0. The van der Waals surface area contributed by atoms with E-state index < -0.39 is 11.2 Å². The number of fused-ring (bicyclic) bond motifs is 1. The molecule has 0 bridgehead atoms. The Labute approximate surface area is 190 Å². The summed E-state index contributed by atoms with van der Waals surface area (Å²) in [4.78, 5) is 33.8. The lowest BCUT2D eigenvalue weighted by Gasteiger charge is -2.27. The Balaban J connectivity index is 1.63. The molecule has 1 N–H and O–H groups in total. The Morgan fingerprint density at radius 1 is 1.12 bits per heavy atom. The van der Waals surface area contributed by atoms with E-state index in [1.54, 1.807) is 44.3 Å². The molecular formula is C22H27N7O4. The van der Waals surface area contributed by atoms with Crippen LogP contribution in [0.2, 0.25) is 0 Å². The normalized spacial score (nSPS) is 14.6. The minimum Gasteiger partial charge on any atom is -0.497 e. The summed E-state index contributed by atoms with van der Waals surface area (Å²) in [5, 5.41) is 8.25. The van der Waals surface area contributed by atoms with Crippen LogP contribution in [0.4, 0.5) is 5.95 Å². The van der Waals surface area contributed by atoms with Crippen LogP contribution in [0.3, 0.4) is 0 Å². The van der Waals surface area contributed by atoms with Crippen LogP contribution in [0.15, 0.2) is 38.0 Å². The fourth-order valence-electron chi connectivity index (χ4n) is 3.92. The molecule has 1 saturated heterocycles. The van der Waals surface area contributed by atoms with Crippen molar-refractivity contribution in [2.24, 2.45) is 17.3 Å². The first kappa shape index (κ1) is 22.3. The standard InChI is InChI=1S/C22H27N7O4/c1-27-19-18(20(30)26-22(27)31)29(21(25-19)28-10-5-4-6-11-28)12-9-23-24-14-15-7-8-16(32-2)13-17(15)33-3/h7-9,13-14H,4-6,10-12H2,1-3H3,(H,26,30,31)/b23-9+,24-14+. The number of piperidine rings is 1. The first-order valence-corrected chi connectivity index (χ1v) is 10.7. The molecule has 3 heterocycles. The molecule has 0 radical (unpaired) electrons. The largest absolute Gasteiger partial charge is 0.497 e. The number of aryl methyl sites for hydroxylation is 1.